The van der Waals surface area contributed by atoms with Gasteiger partial charge in [0.2, 0.25) is 5.91 Å². The van der Waals surface area contributed by atoms with Crippen molar-refractivity contribution in [3.63, 3.8) is 0 Å². The van der Waals surface area contributed by atoms with Crippen LogP contribution in [0.25, 0.3) is 11.0 Å². The summed E-state index contributed by atoms with van der Waals surface area (Å²) in [6.07, 6.45) is 1.04. The van der Waals surface area contributed by atoms with Gasteiger partial charge in [-0.2, -0.15) is 4.68 Å². The van der Waals surface area contributed by atoms with Gasteiger partial charge in [-0.15, -0.1) is 5.10 Å². The van der Waals surface area contributed by atoms with Gasteiger partial charge in [-0.25, -0.2) is 0 Å². The van der Waals surface area contributed by atoms with Crippen LogP contribution in [0.5, 0.6) is 0 Å². The van der Waals surface area contributed by atoms with E-state index in [-0.39, 0.29) is 5.91 Å². The summed E-state index contributed by atoms with van der Waals surface area (Å²) in [4.78, 5) is 12.2. The Labute approximate surface area is 121 Å². The van der Waals surface area contributed by atoms with Crippen molar-refractivity contribution >= 4 is 28.5 Å². The molecule has 0 atom stereocenters. The maximum Gasteiger partial charge on any atom is 0.249 e. The molecule has 1 heterocycles. The van der Waals surface area contributed by atoms with Crippen LogP contribution in [0, 0.1) is 0 Å². The highest BCUT2D eigenvalue weighted by Crippen LogP contribution is 2.13. The molecule has 2 aromatic carbocycles. The molecule has 0 fully saturated rings. The largest absolute Gasteiger partial charge is 0.272 e. The van der Waals surface area contributed by atoms with Gasteiger partial charge in [-0.05, 0) is 36.2 Å². The lowest BCUT2D eigenvalue weighted by atomic mass is 10.1. The van der Waals surface area contributed by atoms with E-state index in [1.54, 1.807) is 0 Å². The van der Waals surface area contributed by atoms with E-state index in [4.69, 9.17) is 11.6 Å². The fraction of sp³-hybridized carbons (Fsp3) is 0.133. The first-order valence-electron chi connectivity index (χ1n) is 6.32. The molecule has 0 aliphatic heterocycles. The van der Waals surface area contributed by atoms with Crippen LogP contribution < -0.4 is 0 Å². The van der Waals surface area contributed by atoms with Crippen LogP contribution in [-0.2, 0) is 6.42 Å². The number of hydrogen-bond acceptors (Lipinski definition) is 3. The molecule has 0 amide bonds. The van der Waals surface area contributed by atoms with Crippen LogP contribution in [0.15, 0.2) is 48.5 Å². The third-order valence-corrected chi connectivity index (χ3v) is 3.38. The Morgan fingerprint density at radius 1 is 1.10 bits per heavy atom. The molecule has 3 aromatic rings. The smallest absolute Gasteiger partial charge is 0.249 e. The average molecular weight is 286 g/mol. The van der Waals surface area contributed by atoms with Gasteiger partial charge in [-0.3, -0.25) is 4.79 Å². The second kappa shape index (κ2) is 5.43. The summed E-state index contributed by atoms with van der Waals surface area (Å²) >= 11 is 5.83. The highest BCUT2D eigenvalue weighted by molar-refractivity contribution is 6.30. The molecule has 0 aliphatic rings. The van der Waals surface area contributed by atoms with Gasteiger partial charge in [0.05, 0.1) is 5.52 Å². The van der Waals surface area contributed by atoms with Crippen molar-refractivity contribution in [3.8, 4) is 0 Å². The summed E-state index contributed by atoms with van der Waals surface area (Å²) in [6.45, 7) is 0. The average Bonchev–Trinajstić information content (AvgIpc) is 2.90. The van der Waals surface area contributed by atoms with Crippen molar-refractivity contribution in [1.82, 2.24) is 15.0 Å². The van der Waals surface area contributed by atoms with E-state index < -0.39 is 0 Å². The Morgan fingerprint density at radius 2 is 1.85 bits per heavy atom. The zero-order valence-corrected chi connectivity index (χ0v) is 11.4. The predicted molar refractivity (Wildman–Crippen MR) is 77.9 cm³/mol. The molecule has 0 saturated heterocycles. The molecule has 0 radical (unpaired) electrons. The first kappa shape index (κ1) is 12.8. The molecule has 0 unspecified atom stereocenters. The molecular formula is C15H12ClN3O. The lowest BCUT2D eigenvalue weighted by molar-refractivity contribution is 0.0890. The summed E-state index contributed by atoms with van der Waals surface area (Å²) in [6, 6.07) is 14.9. The quantitative estimate of drug-likeness (QED) is 0.741. The Hall–Kier alpha value is -2.20. The molecule has 0 spiro atoms. The van der Waals surface area contributed by atoms with Crippen LogP contribution in [-0.4, -0.2) is 20.9 Å². The van der Waals surface area contributed by atoms with Crippen LogP contribution in [0.2, 0.25) is 5.02 Å². The number of aryl methyl sites for hydroxylation is 1. The van der Waals surface area contributed by atoms with E-state index >= 15 is 0 Å². The van der Waals surface area contributed by atoms with E-state index in [0.717, 1.165) is 16.6 Å². The van der Waals surface area contributed by atoms with Gasteiger partial charge in [-0.1, -0.05) is 41.1 Å². The highest BCUT2D eigenvalue weighted by atomic mass is 35.5. The number of carbonyl (C=O) groups is 1. The lowest BCUT2D eigenvalue weighted by Gasteiger charge is -2.02. The maximum atomic E-state index is 12.2. The van der Waals surface area contributed by atoms with Crippen molar-refractivity contribution in [2.45, 2.75) is 12.8 Å². The van der Waals surface area contributed by atoms with Gasteiger partial charge in [0.15, 0.2) is 0 Å². The van der Waals surface area contributed by atoms with Crippen molar-refractivity contribution in [2.75, 3.05) is 0 Å². The molecule has 20 heavy (non-hydrogen) atoms. The Morgan fingerprint density at radius 3 is 2.65 bits per heavy atom. The molecule has 100 valence electrons. The summed E-state index contributed by atoms with van der Waals surface area (Å²) in [5.41, 5.74) is 2.55. The fourth-order valence-electron chi connectivity index (χ4n) is 2.06. The van der Waals surface area contributed by atoms with Gasteiger partial charge >= 0.3 is 0 Å². The molecule has 0 bridgehead atoms. The number of halogens is 1. The number of nitrogens with zero attached hydrogens (tertiary/aromatic N) is 3. The van der Waals surface area contributed by atoms with Gasteiger partial charge in [0.1, 0.15) is 5.52 Å². The summed E-state index contributed by atoms with van der Waals surface area (Å²) in [5.74, 6) is -0.0614. The fourth-order valence-corrected chi connectivity index (χ4v) is 2.19. The third-order valence-electron chi connectivity index (χ3n) is 3.13. The van der Waals surface area contributed by atoms with E-state index in [0.29, 0.717) is 17.9 Å². The van der Waals surface area contributed by atoms with Crippen molar-refractivity contribution < 1.29 is 4.79 Å². The number of fused-ring (bicyclic) bond motifs is 1. The van der Waals surface area contributed by atoms with Crippen LogP contribution in [0.4, 0.5) is 0 Å². The van der Waals surface area contributed by atoms with Crippen molar-refractivity contribution in [1.29, 1.82) is 0 Å². The summed E-state index contributed by atoms with van der Waals surface area (Å²) in [7, 11) is 0. The van der Waals surface area contributed by atoms with Gasteiger partial charge in [0.25, 0.3) is 0 Å². The van der Waals surface area contributed by atoms with E-state index in [2.05, 4.69) is 10.3 Å². The zero-order valence-electron chi connectivity index (χ0n) is 10.7. The van der Waals surface area contributed by atoms with Crippen molar-refractivity contribution in [3.05, 3.63) is 59.1 Å². The minimum absolute atomic E-state index is 0.0614. The standard InChI is InChI=1S/C15H12ClN3O/c16-12-8-5-11(6-9-12)7-10-15(20)19-14-4-2-1-3-13(14)17-18-19/h1-6,8-9H,7,10H2. The third kappa shape index (κ3) is 2.56. The number of carbonyl (C=O) groups excluding carboxylic acids is 1. The molecular weight excluding hydrogens is 274 g/mol. The summed E-state index contributed by atoms with van der Waals surface area (Å²) < 4.78 is 1.37. The maximum absolute atomic E-state index is 12.2. The van der Waals surface area contributed by atoms with Crippen LogP contribution in [0.3, 0.4) is 0 Å². The SMILES string of the molecule is O=C(CCc1ccc(Cl)cc1)n1nnc2ccccc21. The highest BCUT2D eigenvalue weighted by Gasteiger charge is 2.11. The molecule has 5 heteroatoms. The normalized spacial score (nSPS) is 10.8. The topological polar surface area (TPSA) is 47.8 Å². The van der Waals surface area contributed by atoms with Crippen LogP contribution in [0.1, 0.15) is 16.8 Å². The first-order valence-corrected chi connectivity index (χ1v) is 6.70. The number of aromatic nitrogens is 3. The molecule has 0 N–H and O–H groups in total. The first-order chi connectivity index (χ1) is 9.74. The number of hydrogen-bond donors (Lipinski definition) is 0. The second-order valence-corrected chi connectivity index (χ2v) is 4.95. The molecule has 3 rings (SSSR count). The van der Waals surface area contributed by atoms with E-state index in [9.17, 15) is 4.79 Å². The summed E-state index contributed by atoms with van der Waals surface area (Å²) in [5, 5.41) is 8.60. The minimum Gasteiger partial charge on any atom is -0.272 e. The molecule has 0 aliphatic carbocycles. The second-order valence-electron chi connectivity index (χ2n) is 4.51. The molecule has 1 aromatic heterocycles. The van der Waals surface area contributed by atoms with Gasteiger partial charge < -0.3 is 0 Å². The Kier molecular flexibility index (Phi) is 3.48. The molecule has 4 nitrogen and oxygen atoms in total. The number of para-hydroxylation sites is 1. The minimum atomic E-state index is -0.0614. The number of benzene rings is 2. The van der Waals surface area contributed by atoms with E-state index in [1.807, 2.05) is 48.5 Å². The monoisotopic (exact) mass is 285 g/mol. The predicted octanol–water partition coefficient (Wildman–Crippen LogP) is 3.36. The Balaban J connectivity index is 1.75. The van der Waals surface area contributed by atoms with Gasteiger partial charge in [0, 0.05) is 11.4 Å². The lowest BCUT2D eigenvalue weighted by Crippen LogP contribution is -2.13. The number of rotatable bonds is 3. The zero-order chi connectivity index (χ0) is 13.9. The van der Waals surface area contributed by atoms with Crippen molar-refractivity contribution in [2.24, 2.45) is 0 Å². The Bertz CT molecular complexity index is 749. The molecule has 0 saturated carbocycles. The van der Waals surface area contributed by atoms with E-state index in [1.165, 1.54) is 4.68 Å². The van der Waals surface area contributed by atoms with Crippen LogP contribution >= 0.6 is 11.6 Å².